The van der Waals surface area contributed by atoms with E-state index in [0.717, 1.165) is 30.6 Å². The normalized spacial score (nSPS) is 9.62. The Bertz CT molecular complexity index is 360. The van der Waals surface area contributed by atoms with E-state index in [-0.39, 0.29) is 6.61 Å². The lowest BCUT2D eigenvalue weighted by Crippen LogP contribution is -1.97. The van der Waals surface area contributed by atoms with Crippen LogP contribution < -0.4 is 0 Å². The highest BCUT2D eigenvalue weighted by Crippen LogP contribution is 2.09. The van der Waals surface area contributed by atoms with Gasteiger partial charge in [-0.25, -0.2) is 0 Å². The van der Waals surface area contributed by atoms with Crippen molar-refractivity contribution in [2.24, 2.45) is 0 Å². The Morgan fingerprint density at radius 2 is 2.12 bits per heavy atom. The summed E-state index contributed by atoms with van der Waals surface area (Å²) in [7, 11) is 0. The molecule has 2 nitrogen and oxygen atoms in total. The summed E-state index contributed by atoms with van der Waals surface area (Å²) >= 11 is 0. The van der Waals surface area contributed by atoms with Gasteiger partial charge in [0.2, 0.25) is 0 Å². The maximum atomic E-state index is 8.66. The average molecular weight is 218 g/mol. The lowest BCUT2D eigenvalue weighted by Gasteiger charge is -2.05. The van der Waals surface area contributed by atoms with Crippen molar-refractivity contribution in [3.05, 3.63) is 35.4 Å². The standard InChI is InChI=1S/C14H18O2/c1-2-3-11-16-12-14-8-5-4-7-13(14)9-6-10-15/h4-5,7-8,15H,2-3,10-12H2,1H3. The maximum Gasteiger partial charge on any atom is 0.104 e. The quantitative estimate of drug-likeness (QED) is 0.607. The summed E-state index contributed by atoms with van der Waals surface area (Å²) in [6.07, 6.45) is 2.23. The Morgan fingerprint density at radius 1 is 1.31 bits per heavy atom. The smallest absolute Gasteiger partial charge is 0.104 e. The molecule has 0 aliphatic heterocycles. The molecule has 0 unspecified atom stereocenters. The van der Waals surface area contributed by atoms with Crippen LogP contribution in [-0.4, -0.2) is 18.3 Å². The summed E-state index contributed by atoms with van der Waals surface area (Å²) < 4.78 is 5.55. The van der Waals surface area contributed by atoms with Crippen LogP contribution in [0.3, 0.4) is 0 Å². The zero-order valence-electron chi connectivity index (χ0n) is 9.70. The predicted octanol–water partition coefficient (Wildman–Crippen LogP) is 2.35. The van der Waals surface area contributed by atoms with Gasteiger partial charge in [-0.3, -0.25) is 0 Å². The summed E-state index contributed by atoms with van der Waals surface area (Å²) in [5.41, 5.74) is 2.02. The fraction of sp³-hybridized carbons (Fsp3) is 0.429. The van der Waals surface area contributed by atoms with Crippen molar-refractivity contribution in [3.8, 4) is 11.8 Å². The molecule has 0 fully saturated rings. The molecule has 1 aromatic rings. The van der Waals surface area contributed by atoms with Gasteiger partial charge < -0.3 is 9.84 Å². The maximum absolute atomic E-state index is 8.66. The SMILES string of the molecule is CCCCOCc1ccccc1C#CCO. The van der Waals surface area contributed by atoms with Gasteiger partial charge in [-0.2, -0.15) is 0 Å². The molecule has 1 N–H and O–H groups in total. The third-order valence-electron chi connectivity index (χ3n) is 2.22. The highest BCUT2D eigenvalue weighted by Gasteiger charge is 1.98. The van der Waals surface area contributed by atoms with Crippen molar-refractivity contribution in [2.75, 3.05) is 13.2 Å². The van der Waals surface area contributed by atoms with Crippen LogP contribution in [0.1, 0.15) is 30.9 Å². The van der Waals surface area contributed by atoms with Crippen LogP contribution in [-0.2, 0) is 11.3 Å². The Labute approximate surface area is 97.3 Å². The third-order valence-corrected chi connectivity index (χ3v) is 2.22. The van der Waals surface area contributed by atoms with Gasteiger partial charge in [0, 0.05) is 12.2 Å². The molecule has 0 aliphatic rings. The molecule has 1 aromatic carbocycles. The van der Waals surface area contributed by atoms with Crippen LogP contribution in [0.15, 0.2) is 24.3 Å². The molecular formula is C14H18O2. The van der Waals surface area contributed by atoms with Crippen LogP contribution in [0.25, 0.3) is 0 Å². The van der Waals surface area contributed by atoms with Crippen molar-refractivity contribution in [2.45, 2.75) is 26.4 Å². The van der Waals surface area contributed by atoms with Crippen molar-refractivity contribution in [3.63, 3.8) is 0 Å². The van der Waals surface area contributed by atoms with Gasteiger partial charge in [0.1, 0.15) is 6.61 Å². The molecular weight excluding hydrogens is 200 g/mol. The van der Waals surface area contributed by atoms with Gasteiger partial charge in [-0.05, 0) is 18.1 Å². The molecule has 16 heavy (non-hydrogen) atoms. The lowest BCUT2D eigenvalue weighted by molar-refractivity contribution is 0.118. The van der Waals surface area contributed by atoms with Gasteiger partial charge in [-0.15, -0.1) is 0 Å². The Hall–Kier alpha value is -1.30. The second kappa shape index (κ2) is 7.92. The van der Waals surface area contributed by atoms with E-state index in [4.69, 9.17) is 9.84 Å². The number of unbranched alkanes of at least 4 members (excludes halogenated alkanes) is 1. The van der Waals surface area contributed by atoms with E-state index in [1.165, 1.54) is 0 Å². The zero-order chi connectivity index (χ0) is 11.6. The summed E-state index contributed by atoms with van der Waals surface area (Å²) in [5, 5.41) is 8.66. The van der Waals surface area contributed by atoms with E-state index < -0.39 is 0 Å². The van der Waals surface area contributed by atoms with Crippen LogP contribution >= 0.6 is 0 Å². The molecule has 0 aromatic heterocycles. The first-order valence-corrected chi connectivity index (χ1v) is 5.64. The summed E-state index contributed by atoms with van der Waals surface area (Å²) in [4.78, 5) is 0. The first kappa shape index (κ1) is 12.8. The van der Waals surface area contributed by atoms with Gasteiger partial charge >= 0.3 is 0 Å². The number of hydrogen-bond acceptors (Lipinski definition) is 2. The Balaban J connectivity index is 2.57. The van der Waals surface area contributed by atoms with E-state index in [1.54, 1.807) is 0 Å². The topological polar surface area (TPSA) is 29.5 Å². The first-order chi connectivity index (χ1) is 7.88. The molecule has 0 radical (unpaired) electrons. The van der Waals surface area contributed by atoms with Gasteiger partial charge in [-0.1, -0.05) is 43.4 Å². The van der Waals surface area contributed by atoms with E-state index >= 15 is 0 Å². The van der Waals surface area contributed by atoms with E-state index in [0.29, 0.717) is 6.61 Å². The first-order valence-electron chi connectivity index (χ1n) is 5.64. The molecule has 0 bridgehead atoms. The highest BCUT2D eigenvalue weighted by atomic mass is 16.5. The molecule has 86 valence electrons. The van der Waals surface area contributed by atoms with E-state index in [2.05, 4.69) is 18.8 Å². The number of ether oxygens (including phenoxy) is 1. The van der Waals surface area contributed by atoms with Crippen molar-refractivity contribution in [1.82, 2.24) is 0 Å². The van der Waals surface area contributed by atoms with Gasteiger partial charge in [0.25, 0.3) is 0 Å². The molecule has 0 amide bonds. The summed E-state index contributed by atoms with van der Waals surface area (Å²) in [5.74, 6) is 5.58. The minimum absolute atomic E-state index is 0.106. The second-order valence-electron chi connectivity index (χ2n) is 3.52. The van der Waals surface area contributed by atoms with E-state index in [9.17, 15) is 0 Å². The Morgan fingerprint density at radius 3 is 2.88 bits per heavy atom. The highest BCUT2D eigenvalue weighted by molar-refractivity contribution is 5.40. The largest absolute Gasteiger partial charge is 0.384 e. The molecule has 1 rings (SSSR count). The lowest BCUT2D eigenvalue weighted by atomic mass is 10.1. The summed E-state index contributed by atoms with van der Waals surface area (Å²) in [6.45, 7) is 3.42. The fourth-order valence-corrected chi connectivity index (χ4v) is 1.33. The zero-order valence-corrected chi connectivity index (χ0v) is 9.70. The third kappa shape index (κ3) is 4.48. The number of aliphatic hydroxyl groups excluding tert-OH is 1. The van der Waals surface area contributed by atoms with Crippen LogP contribution in [0.4, 0.5) is 0 Å². The number of hydrogen-bond donors (Lipinski definition) is 1. The van der Waals surface area contributed by atoms with Crippen LogP contribution in [0, 0.1) is 11.8 Å². The number of benzene rings is 1. The van der Waals surface area contributed by atoms with Crippen LogP contribution in [0.2, 0.25) is 0 Å². The number of aliphatic hydroxyl groups is 1. The van der Waals surface area contributed by atoms with Crippen molar-refractivity contribution >= 4 is 0 Å². The van der Waals surface area contributed by atoms with Crippen LogP contribution in [0.5, 0.6) is 0 Å². The van der Waals surface area contributed by atoms with E-state index in [1.807, 2.05) is 24.3 Å². The minimum Gasteiger partial charge on any atom is -0.384 e. The predicted molar refractivity (Wildman–Crippen MR) is 65.0 cm³/mol. The molecule has 0 saturated heterocycles. The van der Waals surface area contributed by atoms with Gasteiger partial charge in [0.05, 0.1) is 6.61 Å². The van der Waals surface area contributed by atoms with Crippen molar-refractivity contribution in [1.29, 1.82) is 0 Å². The molecule has 0 heterocycles. The second-order valence-corrected chi connectivity index (χ2v) is 3.52. The summed E-state index contributed by atoms with van der Waals surface area (Å²) in [6, 6.07) is 7.87. The molecule has 0 spiro atoms. The minimum atomic E-state index is -0.106. The Kier molecular flexibility index (Phi) is 6.32. The molecule has 2 heteroatoms. The molecule has 0 atom stereocenters. The molecule has 0 aliphatic carbocycles. The monoisotopic (exact) mass is 218 g/mol. The van der Waals surface area contributed by atoms with Gasteiger partial charge in [0.15, 0.2) is 0 Å². The molecule has 0 saturated carbocycles. The average Bonchev–Trinajstić information content (AvgIpc) is 2.33. The number of rotatable bonds is 5. The fourth-order valence-electron chi connectivity index (χ4n) is 1.33. The van der Waals surface area contributed by atoms with Crippen molar-refractivity contribution < 1.29 is 9.84 Å².